The molecule has 1 amide bonds. The molecule has 0 fully saturated rings. The van der Waals surface area contributed by atoms with Gasteiger partial charge in [0.2, 0.25) is 0 Å². The average molecular weight is 339 g/mol. The fraction of sp³-hybridized carbons (Fsp3) is 0.250. The highest BCUT2D eigenvalue weighted by Crippen LogP contribution is 2.29. The van der Waals surface area contributed by atoms with Crippen molar-refractivity contribution in [2.75, 3.05) is 13.7 Å². The third-order valence-electron chi connectivity index (χ3n) is 4.04. The van der Waals surface area contributed by atoms with Gasteiger partial charge in [0, 0.05) is 17.5 Å². The van der Waals surface area contributed by atoms with E-state index >= 15 is 0 Å². The second kappa shape index (κ2) is 7.30. The largest absolute Gasteiger partial charge is 0.497 e. The van der Waals surface area contributed by atoms with Crippen molar-refractivity contribution >= 4 is 16.9 Å². The van der Waals surface area contributed by atoms with Crippen molar-refractivity contribution in [3.05, 3.63) is 59.4 Å². The molecule has 130 valence electrons. The van der Waals surface area contributed by atoms with Gasteiger partial charge in [-0.2, -0.15) is 0 Å². The molecule has 0 aliphatic rings. The van der Waals surface area contributed by atoms with Gasteiger partial charge in [-0.1, -0.05) is 12.1 Å². The third-order valence-corrected chi connectivity index (χ3v) is 4.04. The molecule has 1 heterocycles. The first kappa shape index (κ1) is 16.9. The number of carbonyl (C=O) groups is 1. The van der Waals surface area contributed by atoms with Gasteiger partial charge in [-0.05, 0) is 49.7 Å². The molecule has 0 spiro atoms. The zero-order valence-corrected chi connectivity index (χ0v) is 14.6. The topological polar surface area (TPSA) is 60.7 Å². The molecule has 5 heteroatoms. The van der Waals surface area contributed by atoms with Crippen LogP contribution in [-0.4, -0.2) is 19.6 Å². The van der Waals surface area contributed by atoms with Crippen LogP contribution < -0.4 is 14.8 Å². The Bertz CT molecular complexity index is 881. The first-order valence-corrected chi connectivity index (χ1v) is 8.19. The summed E-state index contributed by atoms with van der Waals surface area (Å²) in [5.41, 5.74) is 2.47. The van der Waals surface area contributed by atoms with Crippen molar-refractivity contribution in [3.63, 3.8) is 0 Å². The number of carbonyl (C=O) groups excluding carboxylic acids is 1. The van der Waals surface area contributed by atoms with E-state index < -0.39 is 0 Å². The lowest BCUT2D eigenvalue weighted by Crippen LogP contribution is -2.22. The fourth-order valence-corrected chi connectivity index (χ4v) is 2.68. The number of amides is 1. The van der Waals surface area contributed by atoms with E-state index in [9.17, 15) is 4.79 Å². The van der Waals surface area contributed by atoms with Gasteiger partial charge in [0.15, 0.2) is 5.76 Å². The van der Waals surface area contributed by atoms with E-state index in [1.807, 2.05) is 56.3 Å². The van der Waals surface area contributed by atoms with Crippen LogP contribution in [0.15, 0.2) is 46.9 Å². The van der Waals surface area contributed by atoms with Crippen LogP contribution in [0.3, 0.4) is 0 Å². The van der Waals surface area contributed by atoms with E-state index in [1.54, 1.807) is 7.11 Å². The van der Waals surface area contributed by atoms with Crippen molar-refractivity contribution in [1.29, 1.82) is 0 Å². The van der Waals surface area contributed by atoms with E-state index in [-0.39, 0.29) is 5.91 Å². The highest BCUT2D eigenvalue weighted by Gasteiger charge is 2.18. The molecule has 5 nitrogen and oxygen atoms in total. The molecular formula is C20H21NO4. The second-order valence-electron chi connectivity index (χ2n) is 5.68. The quantitative estimate of drug-likeness (QED) is 0.735. The number of furan rings is 1. The minimum atomic E-state index is -0.234. The lowest BCUT2D eigenvalue weighted by atomic mass is 10.1. The molecule has 3 aromatic rings. The summed E-state index contributed by atoms with van der Waals surface area (Å²) in [5, 5.41) is 3.78. The first-order chi connectivity index (χ1) is 12.1. The van der Waals surface area contributed by atoms with Crippen molar-refractivity contribution in [2.45, 2.75) is 20.4 Å². The monoisotopic (exact) mass is 339 g/mol. The van der Waals surface area contributed by atoms with E-state index in [1.165, 1.54) is 0 Å². The highest BCUT2D eigenvalue weighted by atomic mass is 16.5. The number of methoxy groups -OCH3 is 1. The zero-order chi connectivity index (χ0) is 17.8. The zero-order valence-electron chi connectivity index (χ0n) is 14.6. The standard InChI is InChI=1S/C20H21NO4/c1-4-24-16-9-10-18-17(11-16)13(2)19(25-18)20(22)21-12-14-5-7-15(23-3)8-6-14/h5-11H,4,12H2,1-3H3,(H,21,22). The van der Waals surface area contributed by atoms with Crippen molar-refractivity contribution in [2.24, 2.45) is 0 Å². The lowest BCUT2D eigenvalue weighted by Gasteiger charge is -2.05. The molecule has 0 aliphatic carbocycles. The maximum Gasteiger partial charge on any atom is 0.287 e. The number of fused-ring (bicyclic) bond motifs is 1. The molecule has 0 bridgehead atoms. The predicted octanol–water partition coefficient (Wildman–Crippen LogP) is 4.08. The second-order valence-corrected chi connectivity index (χ2v) is 5.68. The molecule has 1 aromatic heterocycles. The summed E-state index contributed by atoms with van der Waals surface area (Å²) >= 11 is 0. The molecule has 0 atom stereocenters. The van der Waals surface area contributed by atoms with Gasteiger partial charge in [0.05, 0.1) is 13.7 Å². The molecule has 1 N–H and O–H groups in total. The van der Waals surface area contributed by atoms with Gasteiger partial charge in [0.25, 0.3) is 5.91 Å². The van der Waals surface area contributed by atoms with Crippen LogP contribution >= 0.6 is 0 Å². The molecule has 0 saturated carbocycles. The smallest absolute Gasteiger partial charge is 0.287 e. The molecule has 0 aliphatic heterocycles. The van der Waals surface area contributed by atoms with E-state index in [2.05, 4.69) is 5.32 Å². The summed E-state index contributed by atoms with van der Waals surface area (Å²) in [5.74, 6) is 1.65. The Morgan fingerprint density at radius 2 is 1.84 bits per heavy atom. The molecule has 2 aromatic carbocycles. The van der Waals surface area contributed by atoms with Crippen LogP contribution in [0.1, 0.15) is 28.6 Å². The van der Waals surface area contributed by atoms with Gasteiger partial charge >= 0.3 is 0 Å². The summed E-state index contributed by atoms with van der Waals surface area (Å²) in [6.45, 7) is 4.83. The third kappa shape index (κ3) is 3.60. The Balaban J connectivity index is 1.75. The lowest BCUT2D eigenvalue weighted by molar-refractivity contribution is 0.0924. The summed E-state index contributed by atoms with van der Waals surface area (Å²) in [7, 11) is 1.62. The van der Waals surface area contributed by atoms with Gasteiger partial charge in [-0.25, -0.2) is 0 Å². The molecule has 25 heavy (non-hydrogen) atoms. The number of benzene rings is 2. The Morgan fingerprint density at radius 1 is 1.12 bits per heavy atom. The van der Waals surface area contributed by atoms with Crippen molar-refractivity contribution in [1.82, 2.24) is 5.32 Å². The van der Waals surface area contributed by atoms with E-state index in [0.717, 1.165) is 28.0 Å². The van der Waals surface area contributed by atoms with Crippen molar-refractivity contribution in [3.8, 4) is 11.5 Å². The number of aryl methyl sites for hydroxylation is 1. The Kier molecular flexibility index (Phi) is 4.93. The minimum Gasteiger partial charge on any atom is -0.497 e. The van der Waals surface area contributed by atoms with Crippen LogP contribution in [0.2, 0.25) is 0 Å². The molecular weight excluding hydrogens is 318 g/mol. The summed E-state index contributed by atoms with van der Waals surface area (Å²) < 4.78 is 16.4. The van der Waals surface area contributed by atoms with Gasteiger partial charge in [-0.15, -0.1) is 0 Å². The summed E-state index contributed by atoms with van der Waals surface area (Å²) in [6.07, 6.45) is 0. The van der Waals surface area contributed by atoms with Crippen LogP contribution in [0.5, 0.6) is 11.5 Å². The minimum absolute atomic E-state index is 0.234. The van der Waals surface area contributed by atoms with Gasteiger partial charge in [0.1, 0.15) is 17.1 Å². The maximum absolute atomic E-state index is 12.5. The Morgan fingerprint density at radius 3 is 2.52 bits per heavy atom. The number of rotatable bonds is 6. The SMILES string of the molecule is CCOc1ccc2oc(C(=O)NCc3ccc(OC)cc3)c(C)c2c1. The van der Waals surface area contributed by atoms with Gasteiger partial charge < -0.3 is 19.2 Å². The number of hydrogen-bond donors (Lipinski definition) is 1. The molecule has 0 unspecified atom stereocenters. The van der Waals surface area contributed by atoms with Crippen LogP contribution in [0.4, 0.5) is 0 Å². The fourth-order valence-electron chi connectivity index (χ4n) is 2.68. The summed E-state index contributed by atoms with van der Waals surface area (Å²) in [4.78, 5) is 12.5. The first-order valence-electron chi connectivity index (χ1n) is 8.19. The van der Waals surface area contributed by atoms with E-state index in [0.29, 0.717) is 24.5 Å². The Labute approximate surface area is 146 Å². The number of hydrogen-bond acceptors (Lipinski definition) is 4. The average Bonchev–Trinajstić information content (AvgIpc) is 2.97. The van der Waals surface area contributed by atoms with Gasteiger partial charge in [-0.3, -0.25) is 4.79 Å². The molecule has 0 radical (unpaired) electrons. The normalized spacial score (nSPS) is 10.7. The number of ether oxygens (including phenoxy) is 2. The molecule has 3 rings (SSSR count). The van der Waals surface area contributed by atoms with E-state index in [4.69, 9.17) is 13.9 Å². The van der Waals surface area contributed by atoms with Crippen LogP contribution in [-0.2, 0) is 6.54 Å². The van der Waals surface area contributed by atoms with Crippen molar-refractivity contribution < 1.29 is 18.7 Å². The predicted molar refractivity (Wildman–Crippen MR) is 96.3 cm³/mol. The maximum atomic E-state index is 12.5. The highest BCUT2D eigenvalue weighted by molar-refractivity contribution is 5.99. The summed E-state index contributed by atoms with van der Waals surface area (Å²) in [6, 6.07) is 13.1. The van der Waals surface area contributed by atoms with Crippen LogP contribution in [0, 0.1) is 6.92 Å². The number of nitrogens with one attached hydrogen (secondary N) is 1. The molecule has 0 saturated heterocycles. The Hall–Kier alpha value is -2.95. The van der Waals surface area contributed by atoms with Crippen LogP contribution in [0.25, 0.3) is 11.0 Å².